The fourth-order valence-corrected chi connectivity index (χ4v) is 2.17. The van der Waals surface area contributed by atoms with Gasteiger partial charge >= 0.3 is 0 Å². The van der Waals surface area contributed by atoms with Crippen molar-refractivity contribution in [3.63, 3.8) is 0 Å². The molecule has 3 rings (SSSR count). The van der Waals surface area contributed by atoms with Crippen molar-refractivity contribution in [3.8, 4) is 0 Å². The zero-order valence-corrected chi connectivity index (χ0v) is 9.63. The van der Waals surface area contributed by atoms with Crippen LogP contribution in [0.15, 0.2) is 24.5 Å². The predicted molar refractivity (Wildman–Crippen MR) is 64.8 cm³/mol. The Kier molecular flexibility index (Phi) is 2.73. The second-order valence-corrected chi connectivity index (χ2v) is 4.25. The molecule has 0 spiro atoms. The van der Waals surface area contributed by atoms with Crippen LogP contribution in [0.1, 0.15) is 17.7 Å². The summed E-state index contributed by atoms with van der Waals surface area (Å²) in [7, 11) is 0. The number of nitrogens with one attached hydrogen (secondary N) is 1. The van der Waals surface area contributed by atoms with E-state index in [0.29, 0.717) is 0 Å². The molecule has 17 heavy (non-hydrogen) atoms. The molecule has 0 bridgehead atoms. The molecule has 0 radical (unpaired) electrons. The number of aryl methyl sites for hydroxylation is 2. The monoisotopic (exact) mass is 229 g/mol. The Balaban J connectivity index is 1.58. The first-order valence-corrected chi connectivity index (χ1v) is 5.98. The molecule has 1 aliphatic carbocycles. The maximum atomic E-state index is 4.62. The number of anilines is 1. The molecule has 88 valence electrons. The minimum atomic E-state index is 0.804. The maximum absolute atomic E-state index is 4.62. The zero-order valence-electron chi connectivity index (χ0n) is 9.63. The van der Waals surface area contributed by atoms with Crippen LogP contribution < -0.4 is 5.32 Å². The molecule has 2 aromatic heterocycles. The van der Waals surface area contributed by atoms with E-state index in [0.717, 1.165) is 25.3 Å². The van der Waals surface area contributed by atoms with Gasteiger partial charge in [0.1, 0.15) is 5.82 Å². The van der Waals surface area contributed by atoms with Crippen LogP contribution in [0.4, 0.5) is 5.82 Å². The van der Waals surface area contributed by atoms with Crippen LogP contribution in [0.3, 0.4) is 0 Å². The second kappa shape index (κ2) is 4.53. The van der Waals surface area contributed by atoms with Gasteiger partial charge in [-0.1, -0.05) is 11.3 Å². The van der Waals surface area contributed by atoms with Gasteiger partial charge in [-0.05, 0) is 30.9 Å². The van der Waals surface area contributed by atoms with Crippen LogP contribution in [0.5, 0.6) is 0 Å². The number of rotatable bonds is 4. The molecule has 0 fully saturated rings. The molecule has 2 aromatic rings. The third kappa shape index (κ3) is 2.27. The van der Waals surface area contributed by atoms with E-state index in [9.17, 15) is 0 Å². The largest absolute Gasteiger partial charge is 0.368 e. The lowest BCUT2D eigenvalue weighted by atomic mass is 10.2. The highest BCUT2D eigenvalue weighted by atomic mass is 15.4. The number of hydrogen-bond acceptors (Lipinski definition) is 4. The summed E-state index contributed by atoms with van der Waals surface area (Å²) >= 11 is 0. The van der Waals surface area contributed by atoms with Crippen molar-refractivity contribution in [3.05, 3.63) is 35.8 Å². The summed E-state index contributed by atoms with van der Waals surface area (Å²) in [6, 6.07) is 4.25. The maximum Gasteiger partial charge on any atom is 0.126 e. The first kappa shape index (κ1) is 10.3. The molecule has 0 aromatic carbocycles. The van der Waals surface area contributed by atoms with Gasteiger partial charge in [0.2, 0.25) is 0 Å². The van der Waals surface area contributed by atoms with E-state index in [1.807, 2.05) is 6.20 Å². The average Bonchev–Trinajstić information content (AvgIpc) is 2.98. The Hall–Kier alpha value is -1.91. The standard InChI is InChI=1S/C12H15N5/c1-2-10-4-5-12(15-11(10)3-1)13-6-8-17-9-7-14-16-17/h4-5,7,9H,1-3,6,8H2,(H,13,15). The van der Waals surface area contributed by atoms with Crippen molar-refractivity contribution in [2.45, 2.75) is 25.8 Å². The first-order chi connectivity index (χ1) is 8.42. The SMILES string of the molecule is c1cn(CCNc2ccc3c(n2)CCC3)nn1. The molecule has 0 saturated heterocycles. The van der Waals surface area contributed by atoms with E-state index >= 15 is 0 Å². The highest BCUT2D eigenvalue weighted by Crippen LogP contribution is 2.21. The van der Waals surface area contributed by atoms with Crippen molar-refractivity contribution in [2.75, 3.05) is 11.9 Å². The summed E-state index contributed by atoms with van der Waals surface area (Å²) < 4.78 is 1.81. The van der Waals surface area contributed by atoms with Gasteiger partial charge in [-0.3, -0.25) is 4.68 Å². The molecule has 0 atom stereocenters. The van der Waals surface area contributed by atoms with Gasteiger partial charge in [-0.2, -0.15) is 0 Å². The molecule has 0 saturated carbocycles. The van der Waals surface area contributed by atoms with Crippen LogP contribution in [0.25, 0.3) is 0 Å². The predicted octanol–water partition coefficient (Wildman–Crippen LogP) is 1.27. The molecule has 0 unspecified atom stereocenters. The summed E-state index contributed by atoms with van der Waals surface area (Å²) in [6.07, 6.45) is 7.09. The lowest BCUT2D eigenvalue weighted by Gasteiger charge is -2.07. The normalized spacial score (nSPS) is 13.6. The Bertz CT molecular complexity index is 492. The number of aromatic nitrogens is 4. The fraction of sp³-hybridized carbons (Fsp3) is 0.417. The van der Waals surface area contributed by atoms with Crippen LogP contribution in [-0.4, -0.2) is 26.5 Å². The molecule has 0 amide bonds. The lowest BCUT2D eigenvalue weighted by Crippen LogP contribution is -2.12. The number of nitrogens with zero attached hydrogens (tertiary/aromatic N) is 4. The molecule has 5 nitrogen and oxygen atoms in total. The van der Waals surface area contributed by atoms with Crippen LogP contribution >= 0.6 is 0 Å². The minimum Gasteiger partial charge on any atom is -0.368 e. The highest BCUT2D eigenvalue weighted by molar-refractivity contribution is 5.40. The van der Waals surface area contributed by atoms with Gasteiger partial charge in [-0.25, -0.2) is 4.98 Å². The van der Waals surface area contributed by atoms with Gasteiger partial charge in [0.05, 0.1) is 12.7 Å². The van der Waals surface area contributed by atoms with E-state index in [1.165, 1.54) is 24.1 Å². The van der Waals surface area contributed by atoms with Crippen molar-refractivity contribution >= 4 is 5.82 Å². The van der Waals surface area contributed by atoms with E-state index < -0.39 is 0 Å². The molecular weight excluding hydrogens is 214 g/mol. The lowest BCUT2D eigenvalue weighted by molar-refractivity contribution is 0.608. The van der Waals surface area contributed by atoms with Crippen molar-refractivity contribution in [1.29, 1.82) is 0 Å². The van der Waals surface area contributed by atoms with E-state index in [2.05, 4.69) is 32.7 Å². The van der Waals surface area contributed by atoms with Gasteiger partial charge in [0.25, 0.3) is 0 Å². The summed E-state index contributed by atoms with van der Waals surface area (Å²) in [6.45, 7) is 1.62. The van der Waals surface area contributed by atoms with Crippen molar-refractivity contribution < 1.29 is 0 Å². The average molecular weight is 229 g/mol. The highest BCUT2D eigenvalue weighted by Gasteiger charge is 2.11. The molecule has 1 N–H and O–H groups in total. The molecule has 1 aliphatic rings. The molecule has 0 aliphatic heterocycles. The van der Waals surface area contributed by atoms with Crippen LogP contribution in [0, 0.1) is 0 Å². The number of pyridine rings is 1. The Morgan fingerprint density at radius 2 is 2.29 bits per heavy atom. The van der Waals surface area contributed by atoms with Crippen molar-refractivity contribution in [1.82, 2.24) is 20.0 Å². The van der Waals surface area contributed by atoms with E-state index in [4.69, 9.17) is 0 Å². The smallest absolute Gasteiger partial charge is 0.126 e. The molecule has 5 heteroatoms. The topological polar surface area (TPSA) is 55.6 Å². The van der Waals surface area contributed by atoms with E-state index in [1.54, 1.807) is 10.9 Å². The van der Waals surface area contributed by atoms with Gasteiger partial charge in [-0.15, -0.1) is 5.10 Å². The third-order valence-electron chi connectivity index (χ3n) is 3.05. The first-order valence-electron chi connectivity index (χ1n) is 5.98. The second-order valence-electron chi connectivity index (χ2n) is 4.25. The Morgan fingerprint density at radius 1 is 1.29 bits per heavy atom. The fourth-order valence-electron chi connectivity index (χ4n) is 2.17. The van der Waals surface area contributed by atoms with Crippen LogP contribution in [0.2, 0.25) is 0 Å². The zero-order chi connectivity index (χ0) is 11.5. The summed E-state index contributed by atoms with van der Waals surface area (Å²) in [5.41, 5.74) is 2.67. The van der Waals surface area contributed by atoms with Gasteiger partial charge in [0, 0.05) is 18.4 Å². The quantitative estimate of drug-likeness (QED) is 0.858. The number of fused-ring (bicyclic) bond motifs is 1. The summed E-state index contributed by atoms with van der Waals surface area (Å²) in [4.78, 5) is 4.62. The van der Waals surface area contributed by atoms with Crippen LogP contribution in [-0.2, 0) is 19.4 Å². The van der Waals surface area contributed by atoms with Gasteiger partial charge < -0.3 is 5.32 Å². The minimum absolute atomic E-state index is 0.804. The summed E-state index contributed by atoms with van der Waals surface area (Å²) in [5.74, 6) is 0.964. The van der Waals surface area contributed by atoms with E-state index in [-0.39, 0.29) is 0 Å². The third-order valence-corrected chi connectivity index (χ3v) is 3.05. The van der Waals surface area contributed by atoms with Crippen molar-refractivity contribution in [2.24, 2.45) is 0 Å². The molecular formula is C12H15N5. The van der Waals surface area contributed by atoms with Gasteiger partial charge in [0.15, 0.2) is 0 Å². The number of hydrogen-bond donors (Lipinski definition) is 1. The summed E-state index contributed by atoms with van der Waals surface area (Å²) in [5, 5.41) is 11.0. The Morgan fingerprint density at radius 3 is 3.18 bits per heavy atom. The molecule has 2 heterocycles. The Labute approximate surface area is 99.9 Å².